The van der Waals surface area contributed by atoms with Crippen molar-refractivity contribution in [2.45, 2.75) is 4.90 Å². The number of carbonyl (C=O) groups excluding carboxylic acids is 2. The summed E-state index contributed by atoms with van der Waals surface area (Å²) in [7, 11) is 1.56. The third kappa shape index (κ3) is 4.80. The zero-order chi connectivity index (χ0) is 19.2. The van der Waals surface area contributed by atoms with E-state index in [0.717, 1.165) is 0 Å². The van der Waals surface area contributed by atoms with E-state index in [1.165, 1.54) is 17.8 Å². The first-order chi connectivity index (χ1) is 13.1. The quantitative estimate of drug-likeness (QED) is 0.739. The molecule has 1 fully saturated rings. The second-order valence-corrected chi connectivity index (χ2v) is 7.14. The number of thioether (sulfide) groups is 1. The molecule has 1 aliphatic rings. The fourth-order valence-electron chi connectivity index (χ4n) is 2.89. The fourth-order valence-corrected chi connectivity index (χ4v) is 3.73. The third-order valence-electron chi connectivity index (χ3n) is 4.42. The second kappa shape index (κ2) is 8.90. The maximum absolute atomic E-state index is 13.6. The Morgan fingerprint density at radius 1 is 1.04 bits per heavy atom. The van der Waals surface area contributed by atoms with Crippen LogP contribution in [0.25, 0.3) is 0 Å². The molecular weight excluding hydrogens is 367 g/mol. The van der Waals surface area contributed by atoms with Crippen LogP contribution in [0.5, 0.6) is 5.75 Å². The van der Waals surface area contributed by atoms with E-state index in [1.807, 2.05) is 0 Å². The summed E-state index contributed by atoms with van der Waals surface area (Å²) in [6.45, 7) is 1.91. The van der Waals surface area contributed by atoms with Crippen LogP contribution in [-0.2, 0) is 4.79 Å². The topological polar surface area (TPSA) is 49.9 Å². The van der Waals surface area contributed by atoms with Gasteiger partial charge in [0, 0.05) is 36.6 Å². The molecule has 7 heteroatoms. The van der Waals surface area contributed by atoms with Gasteiger partial charge in [0.1, 0.15) is 11.6 Å². The molecule has 1 saturated heterocycles. The number of hydrogen-bond acceptors (Lipinski definition) is 4. The summed E-state index contributed by atoms with van der Waals surface area (Å²) in [5.74, 6) is 0.396. The molecule has 0 bridgehead atoms. The molecule has 0 atom stereocenters. The van der Waals surface area contributed by atoms with Gasteiger partial charge in [-0.05, 0) is 30.3 Å². The van der Waals surface area contributed by atoms with Crippen LogP contribution in [-0.4, -0.2) is 60.7 Å². The van der Waals surface area contributed by atoms with E-state index < -0.39 is 0 Å². The van der Waals surface area contributed by atoms with Gasteiger partial charge in [0.05, 0.1) is 12.9 Å². The first kappa shape index (κ1) is 19.2. The minimum absolute atomic E-state index is 0.0447. The Morgan fingerprint density at radius 3 is 2.44 bits per heavy atom. The Balaban J connectivity index is 1.51. The molecule has 0 N–H and O–H groups in total. The van der Waals surface area contributed by atoms with Crippen LogP contribution in [0.2, 0.25) is 0 Å². The molecule has 0 unspecified atom stereocenters. The lowest BCUT2D eigenvalue weighted by Crippen LogP contribution is -2.51. The van der Waals surface area contributed by atoms with Gasteiger partial charge in [0.2, 0.25) is 5.91 Å². The van der Waals surface area contributed by atoms with Gasteiger partial charge in [-0.2, -0.15) is 0 Å². The molecule has 0 aliphatic carbocycles. The predicted octanol–water partition coefficient (Wildman–Crippen LogP) is 2.91. The number of methoxy groups -OCH3 is 1. The molecule has 3 rings (SSSR count). The average Bonchev–Trinajstić information content (AvgIpc) is 2.72. The van der Waals surface area contributed by atoms with Gasteiger partial charge in [-0.3, -0.25) is 9.59 Å². The summed E-state index contributed by atoms with van der Waals surface area (Å²) in [5, 5.41) is 0. The number of hydrogen-bond donors (Lipinski definition) is 0. The maximum atomic E-state index is 13.6. The zero-order valence-corrected chi connectivity index (χ0v) is 15.9. The molecule has 1 heterocycles. The van der Waals surface area contributed by atoms with Gasteiger partial charge in [0.15, 0.2) is 0 Å². The van der Waals surface area contributed by atoms with Gasteiger partial charge in [-0.15, -0.1) is 11.8 Å². The number of piperazine rings is 1. The number of halogens is 1. The van der Waals surface area contributed by atoms with Crippen LogP contribution in [0.1, 0.15) is 10.4 Å². The maximum Gasteiger partial charge on any atom is 0.254 e. The van der Waals surface area contributed by atoms with Gasteiger partial charge in [-0.1, -0.05) is 18.2 Å². The standard InChI is InChI=1S/C20H21FN2O3S/c1-26-16-6-4-5-15(13-16)20(25)23-11-9-22(10-12-23)19(24)14-27-18-8-3-2-7-17(18)21/h2-8,13H,9-12,14H2,1H3. The second-order valence-electron chi connectivity index (χ2n) is 6.12. The highest BCUT2D eigenvalue weighted by molar-refractivity contribution is 8.00. The Labute approximate surface area is 162 Å². The van der Waals surface area contributed by atoms with Crippen molar-refractivity contribution in [1.29, 1.82) is 0 Å². The van der Waals surface area contributed by atoms with Crippen molar-refractivity contribution in [2.24, 2.45) is 0 Å². The molecule has 5 nitrogen and oxygen atoms in total. The van der Waals surface area contributed by atoms with Gasteiger partial charge >= 0.3 is 0 Å². The highest BCUT2D eigenvalue weighted by Gasteiger charge is 2.25. The van der Waals surface area contributed by atoms with Crippen molar-refractivity contribution >= 4 is 23.6 Å². The molecule has 0 saturated carbocycles. The molecule has 1 aliphatic heterocycles. The van der Waals surface area contributed by atoms with E-state index in [1.54, 1.807) is 59.4 Å². The van der Waals surface area contributed by atoms with E-state index in [2.05, 4.69) is 0 Å². The van der Waals surface area contributed by atoms with E-state index >= 15 is 0 Å². The van der Waals surface area contributed by atoms with Crippen molar-refractivity contribution in [3.8, 4) is 5.75 Å². The number of benzene rings is 2. The Kier molecular flexibility index (Phi) is 6.34. The molecule has 2 aromatic rings. The molecule has 27 heavy (non-hydrogen) atoms. The smallest absolute Gasteiger partial charge is 0.254 e. The van der Waals surface area contributed by atoms with Crippen molar-refractivity contribution in [2.75, 3.05) is 39.0 Å². The highest BCUT2D eigenvalue weighted by atomic mass is 32.2. The van der Waals surface area contributed by atoms with Gasteiger partial charge in [-0.25, -0.2) is 4.39 Å². The summed E-state index contributed by atoms with van der Waals surface area (Å²) in [5.41, 5.74) is 0.573. The lowest BCUT2D eigenvalue weighted by Gasteiger charge is -2.34. The molecule has 2 amide bonds. The summed E-state index contributed by atoms with van der Waals surface area (Å²) in [6.07, 6.45) is 0. The molecule has 142 valence electrons. The van der Waals surface area contributed by atoms with Crippen molar-refractivity contribution < 1.29 is 18.7 Å². The van der Waals surface area contributed by atoms with Crippen LogP contribution in [0.4, 0.5) is 4.39 Å². The van der Waals surface area contributed by atoms with Crippen LogP contribution >= 0.6 is 11.8 Å². The number of nitrogens with zero attached hydrogens (tertiary/aromatic N) is 2. The molecule has 2 aromatic carbocycles. The fraction of sp³-hybridized carbons (Fsp3) is 0.300. The number of rotatable bonds is 5. The monoisotopic (exact) mass is 388 g/mol. The molecule has 0 aromatic heterocycles. The van der Waals surface area contributed by atoms with E-state index in [4.69, 9.17) is 4.74 Å². The minimum Gasteiger partial charge on any atom is -0.497 e. The molecule has 0 radical (unpaired) electrons. The summed E-state index contributed by atoms with van der Waals surface area (Å²) in [4.78, 5) is 28.9. The summed E-state index contributed by atoms with van der Waals surface area (Å²) in [6, 6.07) is 13.5. The van der Waals surface area contributed by atoms with Crippen LogP contribution < -0.4 is 4.74 Å². The number of ether oxygens (including phenoxy) is 1. The average molecular weight is 388 g/mol. The summed E-state index contributed by atoms with van der Waals surface area (Å²) >= 11 is 1.20. The zero-order valence-electron chi connectivity index (χ0n) is 15.1. The third-order valence-corrected chi connectivity index (χ3v) is 5.46. The lowest BCUT2D eigenvalue weighted by molar-refractivity contribution is -0.129. The number of amides is 2. The van der Waals surface area contributed by atoms with Crippen molar-refractivity contribution in [3.63, 3.8) is 0 Å². The van der Waals surface area contributed by atoms with E-state index in [9.17, 15) is 14.0 Å². The predicted molar refractivity (Wildman–Crippen MR) is 103 cm³/mol. The first-order valence-corrected chi connectivity index (χ1v) is 9.65. The van der Waals surface area contributed by atoms with Gasteiger partial charge < -0.3 is 14.5 Å². The summed E-state index contributed by atoms with van der Waals surface area (Å²) < 4.78 is 18.8. The largest absolute Gasteiger partial charge is 0.497 e. The van der Waals surface area contributed by atoms with Crippen LogP contribution in [0.15, 0.2) is 53.4 Å². The van der Waals surface area contributed by atoms with E-state index in [0.29, 0.717) is 42.4 Å². The SMILES string of the molecule is COc1cccc(C(=O)N2CCN(C(=O)CSc3ccccc3F)CC2)c1. The molecular formula is C20H21FN2O3S. The van der Waals surface area contributed by atoms with Crippen LogP contribution in [0.3, 0.4) is 0 Å². The van der Waals surface area contributed by atoms with E-state index in [-0.39, 0.29) is 23.4 Å². The Morgan fingerprint density at radius 2 is 1.74 bits per heavy atom. The normalized spacial score (nSPS) is 14.1. The number of carbonyl (C=O) groups is 2. The van der Waals surface area contributed by atoms with Crippen molar-refractivity contribution in [3.05, 3.63) is 59.9 Å². The van der Waals surface area contributed by atoms with Crippen molar-refractivity contribution in [1.82, 2.24) is 9.80 Å². The lowest BCUT2D eigenvalue weighted by atomic mass is 10.1. The Hall–Kier alpha value is -2.54. The highest BCUT2D eigenvalue weighted by Crippen LogP contribution is 2.22. The van der Waals surface area contributed by atoms with Crippen LogP contribution in [0, 0.1) is 5.82 Å². The first-order valence-electron chi connectivity index (χ1n) is 8.67. The minimum atomic E-state index is -0.316. The molecule has 0 spiro atoms. The Bertz CT molecular complexity index is 822. The van der Waals surface area contributed by atoms with Gasteiger partial charge in [0.25, 0.3) is 5.91 Å².